The van der Waals surface area contributed by atoms with Crippen molar-refractivity contribution >= 4 is 50.7 Å². The van der Waals surface area contributed by atoms with Crippen molar-refractivity contribution < 1.29 is 18.0 Å². The predicted molar refractivity (Wildman–Crippen MR) is 138 cm³/mol. The number of nitrogens with zero attached hydrogens (tertiary/aromatic N) is 2. The summed E-state index contributed by atoms with van der Waals surface area (Å²) in [7, 11) is -3.79. The van der Waals surface area contributed by atoms with Crippen molar-refractivity contribution in [3.05, 3.63) is 63.6 Å². The van der Waals surface area contributed by atoms with Gasteiger partial charge in [-0.3, -0.25) is 13.9 Å². The molecule has 0 saturated heterocycles. The van der Waals surface area contributed by atoms with Crippen LogP contribution in [0, 0.1) is 6.92 Å². The number of halogens is 2. The predicted octanol–water partition coefficient (Wildman–Crippen LogP) is 4.40. The highest BCUT2D eigenvalue weighted by Gasteiger charge is 2.32. The molecule has 2 rings (SSSR count). The zero-order chi connectivity index (χ0) is 25.6. The van der Waals surface area contributed by atoms with Gasteiger partial charge >= 0.3 is 0 Å². The molecule has 0 spiro atoms. The largest absolute Gasteiger partial charge is 0.352 e. The first-order chi connectivity index (χ1) is 15.8. The zero-order valence-electron chi connectivity index (χ0n) is 20.0. The number of anilines is 1. The lowest BCUT2D eigenvalue weighted by Crippen LogP contribution is -2.53. The van der Waals surface area contributed by atoms with Crippen LogP contribution in [0.1, 0.15) is 38.3 Å². The molecule has 0 heterocycles. The van der Waals surface area contributed by atoms with Gasteiger partial charge in [-0.05, 0) is 56.5 Å². The van der Waals surface area contributed by atoms with E-state index in [1.165, 1.54) is 4.90 Å². The van der Waals surface area contributed by atoms with E-state index in [9.17, 15) is 18.0 Å². The number of para-hydroxylation sites is 1. The van der Waals surface area contributed by atoms with E-state index in [1.807, 2.05) is 13.8 Å². The highest BCUT2D eigenvalue weighted by Crippen LogP contribution is 2.26. The molecule has 2 amide bonds. The Morgan fingerprint density at radius 3 is 2.26 bits per heavy atom. The van der Waals surface area contributed by atoms with Gasteiger partial charge in [0.05, 0.1) is 11.9 Å². The molecule has 0 radical (unpaired) electrons. The second-order valence-electron chi connectivity index (χ2n) is 8.40. The molecule has 0 aliphatic rings. The van der Waals surface area contributed by atoms with Crippen LogP contribution in [0.5, 0.6) is 0 Å². The van der Waals surface area contributed by atoms with Crippen LogP contribution in [0.15, 0.2) is 42.5 Å². The van der Waals surface area contributed by atoms with Crippen molar-refractivity contribution in [3.63, 3.8) is 0 Å². The first-order valence-electron chi connectivity index (χ1n) is 10.9. The van der Waals surface area contributed by atoms with Gasteiger partial charge in [-0.2, -0.15) is 0 Å². The highest BCUT2D eigenvalue weighted by atomic mass is 35.5. The van der Waals surface area contributed by atoms with E-state index < -0.39 is 28.5 Å². The summed E-state index contributed by atoms with van der Waals surface area (Å²) in [5, 5.41) is 3.64. The molecule has 0 fully saturated rings. The fourth-order valence-corrected chi connectivity index (χ4v) is 4.95. The minimum Gasteiger partial charge on any atom is -0.352 e. The monoisotopic (exact) mass is 527 g/mol. The summed E-state index contributed by atoms with van der Waals surface area (Å²) in [6.07, 6.45) is 1.38. The van der Waals surface area contributed by atoms with Gasteiger partial charge in [-0.15, -0.1) is 0 Å². The van der Waals surface area contributed by atoms with Crippen LogP contribution in [-0.2, 0) is 26.2 Å². The maximum Gasteiger partial charge on any atom is 0.244 e. The Morgan fingerprint density at radius 2 is 1.74 bits per heavy atom. The van der Waals surface area contributed by atoms with Crippen molar-refractivity contribution in [2.24, 2.45) is 0 Å². The lowest BCUT2D eigenvalue weighted by molar-refractivity contribution is -0.140. The third-order valence-electron chi connectivity index (χ3n) is 5.24. The third kappa shape index (κ3) is 7.35. The van der Waals surface area contributed by atoms with Crippen molar-refractivity contribution in [3.8, 4) is 0 Å². The summed E-state index contributed by atoms with van der Waals surface area (Å²) < 4.78 is 26.4. The summed E-state index contributed by atoms with van der Waals surface area (Å²) in [5.41, 5.74) is 1.71. The van der Waals surface area contributed by atoms with Crippen molar-refractivity contribution in [1.82, 2.24) is 10.2 Å². The van der Waals surface area contributed by atoms with Crippen molar-refractivity contribution in [2.75, 3.05) is 17.1 Å². The summed E-state index contributed by atoms with van der Waals surface area (Å²) in [6.45, 7) is 6.79. The van der Waals surface area contributed by atoms with E-state index in [1.54, 1.807) is 56.3 Å². The topological polar surface area (TPSA) is 86.8 Å². The minimum atomic E-state index is -3.79. The van der Waals surface area contributed by atoms with Crippen LogP contribution in [0.4, 0.5) is 5.69 Å². The van der Waals surface area contributed by atoms with Crippen molar-refractivity contribution in [2.45, 2.75) is 52.7 Å². The zero-order valence-corrected chi connectivity index (χ0v) is 22.3. The molecular weight excluding hydrogens is 497 g/mol. The van der Waals surface area contributed by atoms with E-state index in [0.29, 0.717) is 33.3 Å². The summed E-state index contributed by atoms with van der Waals surface area (Å²) in [5.74, 6) is -0.844. The summed E-state index contributed by atoms with van der Waals surface area (Å²) >= 11 is 12.4. The summed E-state index contributed by atoms with van der Waals surface area (Å²) in [4.78, 5) is 28.0. The fraction of sp³-hybridized carbons (Fsp3) is 0.417. The normalized spacial score (nSPS) is 12.4. The lowest BCUT2D eigenvalue weighted by Gasteiger charge is -2.33. The number of nitrogens with one attached hydrogen (secondary N) is 1. The Hall–Kier alpha value is -2.29. The van der Waals surface area contributed by atoms with Gasteiger partial charge in [0, 0.05) is 22.6 Å². The molecule has 186 valence electrons. The Kier molecular flexibility index (Phi) is 9.79. The minimum absolute atomic E-state index is 0.0181. The van der Waals surface area contributed by atoms with E-state index >= 15 is 0 Å². The number of sulfonamides is 1. The van der Waals surface area contributed by atoms with Crippen LogP contribution < -0.4 is 9.62 Å². The maximum atomic E-state index is 13.6. The van der Waals surface area contributed by atoms with Crippen LogP contribution in [0.25, 0.3) is 0 Å². The van der Waals surface area contributed by atoms with Gasteiger partial charge in [0.15, 0.2) is 0 Å². The Labute approximate surface area is 212 Å². The Bertz CT molecular complexity index is 1140. The third-order valence-corrected chi connectivity index (χ3v) is 6.95. The average molecular weight is 529 g/mol. The second kappa shape index (κ2) is 11.9. The van der Waals surface area contributed by atoms with Crippen LogP contribution in [0.2, 0.25) is 10.0 Å². The van der Waals surface area contributed by atoms with E-state index in [2.05, 4.69) is 5.32 Å². The van der Waals surface area contributed by atoms with Crippen LogP contribution in [-0.4, -0.2) is 50.0 Å². The van der Waals surface area contributed by atoms with Crippen molar-refractivity contribution in [1.29, 1.82) is 0 Å². The molecule has 0 aromatic heterocycles. The molecule has 0 unspecified atom stereocenters. The first kappa shape index (κ1) is 28.0. The molecule has 34 heavy (non-hydrogen) atoms. The molecule has 0 saturated carbocycles. The standard InChI is InChI=1S/C24H31Cl2N3O4S/c1-6-21(24(31)27-16(2)3)28(14-18-11-12-19(25)13-20(18)26)23(30)15-29(34(5,32)33)22-10-8-7-9-17(22)4/h7-13,16,21H,6,14-15H2,1-5H3,(H,27,31)/t21-/m1/s1. The number of benzene rings is 2. The number of hydrogen-bond donors (Lipinski definition) is 1. The number of amides is 2. The van der Waals surface area contributed by atoms with E-state index in [-0.39, 0.29) is 18.5 Å². The quantitative estimate of drug-likeness (QED) is 0.495. The number of hydrogen-bond acceptors (Lipinski definition) is 4. The Morgan fingerprint density at radius 1 is 1.09 bits per heavy atom. The smallest absolute Gasteiger partial charge is 0.244 e. The average Bonchev–Trinajstić information content (AvgIpc) is 2.72. The van der Waals surface area contributed by atoms with Gasteiger partial charge in [0.25, 0.3) is 0 Å². The van der Waals surface area contributed by atoms with Gasteiger partial charge in [0.2, 0.25) is 21.8 Å². The van der Waals surface area contributed by atoms with Gasteiger partial charge in [0.1, 0.15) is 12.6 Å². The lowest BCUT2D eigenvalue weighted by atomic mass is 10.1. The van der Waals surface area contributed by atoms with Crippen LogP contribution >= 0.6 is 23.2 Å². The SMILES string of the molecule is CC[C@H](C(=O)NC(C)C)N(Cc1ccc(Cl)cc1Cl)C(=O)CN(c1ccccc1C)S(C)(=O)=O. The van der Waals surface area contributed by atoms with E-state index in [0.717, 1.165) is 10.6 Å². The fourth-order valence-electron chi connectivity index (χ4n) is 3.57. The molecule has 1 atom stereocenters. The van der Waals surface area contributed by atoms with Gasteiger partial charge < -0.3 is 10.2 Å². The first-order valence-corrected chi connectivity index (χ1v) is 13.5. The second-order valence-corrected chi connectivity index (χ2v) is 11.2. The summed E-state index contributed by atoms with van der Waals surface area (Å²) in [6, 6.07) is 10.9. The molecule has 10 heteroatoms. The molecule has 0 aliphatic carbocycles. The molecule has 0 bridgehead atoms. The Balaban J connectivity index is 2.49. The maximum absolute atomic E-state index is 13.6. The van der Waals surface area contributed by atoms with E-state index in [4.69, 9.17) is 23.2 Å². The highest BCUT2D eigenvalue weighted by molar-refractivity contribution is 7.92. The number of carbonyl (C=O) groups is 2. The van der Waals surface area contributed by atoms with Crippen LogP contribution in [0.3, 0.4) is 0 Å². The van der Waals surface area contributed by atoms with Gasteiger partial charge in [-0.25, -0.2) is 8.42 Å². The molecule has 2 aromatic rings. The number of aryl methyl sites for hydroxylation is 1. The number of rotatable bonds is 10. The molecule has 2 aromatic carbocycles. The van der Waals surface area contributed by atoms with Gasteiger partial charge in [-0.1, -0.05) is 54.4 Å². The molecule has 0 aliphatic heterocycles. The molecule has 7 nitrogen and oxygen atoms in total. The molecular formula is C24H31Cl2N3O4S. The number of carbonyl (C=O) groups excluding carboxylic acids is 2. The molecule has 1 N–H and O–H groups in total.